The summed E-state index contributed by atoms with van der Waals surface area (Å²) < 4.78 is 3.22. The molecule has 0 aromatic carbocycles. The summed E-state index contributed by atoms with van der Waals surface area (Å²) in [6.07, 6.45) is 4.63. The van der Waals surface area contributed by atoms with Gasteiger partial charge in [0.2, 0.25) is 0 Å². The van der Waals surface area contributed by atoms with Crippen LogP contribution in [0, 0.1) is 0 Å². The number of halogens is 1. The lowest BCUT2D eigenvalue weighted by atomic mass is 10.3. The molecule has 1 fully saturated rings. The van der Waals surface area contributed by atoms with E-state index in [1.54, 1.807) is 21.7 Å². The van der Waals surface area contributed by atoms with Gasteiger partial charge in [-0.25, -0.2) is 0 Å². The fourth-order valence-corrected chi connectivity index (χ4v) is 3.35. The molecular formula is C5H10I+. The Kier molecular flexibility index (Phi) is 2.30. The fourth-order valence-electron chi connectivity index (χ4n) is 0.649. The lowest BCUT2D eigenvalue weighted by Crippen LogP contribution is -3.64. The number of hydrogen-bond donors (Lipinski definition) is 0. The third-order valence-corrected chi connectivity index (χ3v) is 4.09. The topological polar surface area (TPSA) is 0 Å². The summed E-state index contributed by atoms with van der Waals surface area (Å²) in [5, 5.41) is 0. The number of hydrogen-bond acceptors (Lipinski definition) is 0. The van der Waals surface area contributed by atoms with Gasteiger partial charge in [-0.05, 0) is 19.3 Å². The molecule has 0 atom stereocenters. The summed E-state index contributed by atoms with van der Waals surface area (Å²) in [7, 11) is 0. The molecule has 0 aliphatic carbocycles. The Bertz CT molecular complexity index is 19.4. The lowest BCUT2D eigenvalue weighted by molar-refractivity contribution is -0.662. The molecule has 0 bridgehead atoms. The van der Waals surface area contributed by atoms with E-state index in [1.165, 1.54) is 6.42 Å². The van der Waals surface area contributed by atoms with Crippen molar-refractivity contribution in [3.63, 3.8) is 0 Å². The van der Waals surface area contributed by atoms with Gasteiger partial charge in [0.25, 0.3) is 21.2 Å². The zero-order chi connectivity index (χ0) is 4.24. The Labute approximate surface area is 49.6 Å². The molecule has 0 radical (unpaired) electrons. The van der Waals surface area contributed by atoms with Gasteiger partial charge in [-0.3, -0.25) is 0 Å². The molecule has 0 amide bonds. The number of alkyl halides is 2. The second-order valence-corrected chi connectivity index (χ2v) is 4.86. The van der Waals surface area contributed by atoms with Crippen molar-refractivity contribution in [3.8, 4) is 0 Å². The Morgan fingerprint density at radius 2 is 1.50 bits per heavy atom. The third kappa shape index (κ3) is 1.45. The van der Waals surface area contributed by atoms with E-state index in [0.29, 0.717) is 21.2 Å². The monoisotopic (exact) mass is 197 g/mol. The molecule has 1 heteroatoms. The van der Waals surface area contributed by atoms with E-state index in [1.807, 2.05) is 0 Å². The first kappa shape index (κ1) is 4.88. The van der Waals surface area contributed by atoms with Gasteiger partial charge < -0.3 is 0 Å². The summed E-state index contributed by atoms with van der Waals surface area (Å²) in [5.74, 6) is 0. The zero-order valence-electron chi connectivity index (χ0n) is 3.91. The van der Waals surface area contributed by atoms with E-state index in [9.17, 15) is 0 Å². The van der Waals surface area contributed by atoms with Gasteiger partial charge in [0.15, 0.2) is 0 Å². The van der Waals surface area contributed by atoms with E-state index in [2.05, 4.69) is 0 Å². The summed E-state index contributed by atoms with van der Waals surface area (Å²) >= 11 is 0.715. The minimum absolute atomic E-state index is 0.715. The van der Waals surface area contributed by atoms with Gasteiger partial charge >= 0.3 is 0 Å². The highest BCUT2D eigenvalue weighted by molar-refractivity contribution is 4.40. The molecule has 1 aliphatic rings. The molecule has 1 rings (SSSR count). The van der Waals surface area contributed by atoms with Crippen molar-refractivity contribution in [3.05, 3.63) is 0 Å². The number of rotatable bonds is 0. The molecule has 1 heterocycles. The van der Waals surface area contributed by atoms with Crippen LogP contribution in [0.2, 0.25) is 0 Å². The molecule has 1 aliphatic heterocycles. The van der Waals surface area contributed by atoms with Crippen molar-refractivity contribution in [2.45, 2.75) is 19.3 Å². The summed E-state index contributed by atoms with van der Waals surface area (Å²) in [6, 6.07) is 0. The van der Waals surface area contributed by atoms with Crippen LogP contribution in [0.25, 0.3) is 0 Å². The lowest BCUT2D eigenvalue weighted by Gasteiger charge is -1.93. The SMILES string of the molecule is C1CC[I+]CC1. The Balaban J connectivity index is 2.00. The second kappa shape index (κ2) is 2.83. The molecule has 0 aromatic heterocycles. The standard InChI is InChI=1S/C5H10I/c1-2-4-6-5-3-1/h1-5H2/q+1. The van der Waals surface area contributed by atoms with Crippen LogP contribution in [0.3, 0.4) is 0 Å². The molecular weight excluding hydrogens is 187 g/mol. The van der Waals surface area contributed by atoms with E-state index < -0.39 is 0 Å². The first-order valence-electron chi connectivity index (χ1n) is 2.53. The molecule has 0 unspecified atom stereocenters. The molecule has 0 spiro atoms. The van der Waals surface area contributed by atoms with Crippen molar-refractivity contribution >= 4 is 0 Å². The van der Waals surface area contributed by atoms with E-state index >= 15 is 0 Å². The fraction of sp³-hybridized carbons (Fsp3) is 1.00. The van der Waals surface area contributed by atoms with E-state index in [0.717, 1.165) is 0 Å². The molecule has 0 aromatic rings. The first-order valence-corrected chi connectivity index (χ1v) is 5.59. The van der Waals surface area contributed by atoms with Crippen molar-refractivity contribution in [2.24, 2.45) is 0 Å². The smallest absolute Gasteiger partial charge is 0.0453 e. The van der Waals surface area contributed by atoms with Crippen LogP contribution in [0.1, 0.15) is 19.3 Å². The van der Waals surface area contributed by atoms with Crippen LogP contribution in [0.5, 0.6) is 0 Å². The summed E-state index contributed by atoms with van der Waals surface area (Å²) in [5.41, 5.74) is 0. The van der Waals surface area contributed by atoms with Crippen molar-refractivity contribution in [2.75, 3.05) is 8.86 Å². The molecule has 6 heavy (non-hydrogen) atoms. The third-order valence-electron chi connectivity index (χ3n) is 1.03. The Hall–Kier alpha value is 0.730. The zero-order valence-corrected chi connectivity index (χ0v) is 6.07. The van der Waals surface area contributed by atoms with E-state index in [4.69, 9.17) is 0 Å². The predicted molar refractivity (Wildman–Crippen MR) is 23.6 cm³/mol. The average molecular weight is 197 g/mol. The molecule has 1 saturated heterocycles. The van der Waals surface area contributed by atoms with Crippen LogP contribution in [-0.4, -0.2) is 8.86 Å². The van der Waals surface area contributed by atoms with Crippen LogP contribution in [0.4, 0.5) is 0 Å². The van der Waals surface area contributed by atoms with Crippen LogP contribution < -0.4 is 21.2 Å². The van der Waals surface area contributed by atoms with Gasteiger partial charge in [0.05, 0.1) is 0 Å². The summed E-state index contributed by atoms with van der Waals surface area (Å²) in [6.45, 7) is 0. The maximum atomic E-state index is 1.61. The highest BCUT2D eigenvalue weighted by Crippen LogP contribution is 1.89. The Morgan fingerprint density at radius 3 is 1.67 bits per heavy atom. The van der Waals surface area contributed by atoms with Gasteiger partial charge in [-0.2, -0.15) is 0 Å². The molecule has 0 saturated carbocycles. The maximum Gasteiger partial charge on any atom is 0.268 e. The van der Waals surface area contributed by atoms with Gasteiger partial charge in [0, 0.05) is 0 Å². The highest BCUT2D eigenvalue weighted by Gasteiger charge is 2.10. The van der Waals surface area contributed by atoms with Crippen LogP contribution in [0.15, 0.2) is 0 Å². The quantitative estimate of drug-likeness (QED) is 0.319. The van der Waals surface area contributed by atoms with Crippen molar-refractivity contribution in [1.82, 2.24) is 0 Å². The first-order chi connectivity index (χ1) is 3.00. The second-order valence-electron chi connectivity index (χ2n) is 1.63. The molecule has 0 N–H and O–H groups in total. The van der Waals surface area contributed by atoms with Crippen molar-refractivity contribution < 1.29 is 21.2 Å². The highest BCUT2D eigenvalue weighted by atomic mass is 127. The Morgan fingerprint density at radius 1 is 0.833 bits per heavy atom. The average Bonchev–Trinajstić information content (AvgIpc) is 1.72. The van der Waals surface area contributed by atoms with Crippen LogP contribution >= 0.6 is 0 Å². The normalized spacial score (nSPS) is 24.0. The minimum Gasteiger partial charge on any atom is -0.0453 e. The van der Waals surface area contributed by atoms with Gasteiger partial charge in [-0.1, -0.05) is 0 Å². The largest absolute Gasteiger partial charge is 0.268 e. The van der Waals surface area contributed by atoms with Crippen molar-refractivity contribution in [1.29, 1.82) is 0 Å². The molecule has 36 valence electrons. The minimum atomic E-state index is 0.715. The maximum absolute atomic E-state index is 1.61. The molecule has 0 nitrogen and oxygen atoms in total. The van der Waals surface area contributed by atoms with E-state index in [-0.39, 0.29) is 0 Å². The van der Waals surface area contributed by atoms with Gasteiger partial charge in [-0.15, -0.1) is 0 Å². The van der Waals surface area contributed by atoms with Gasteiger partial charge in [0.1, 0.15) is 8.86 Å². The summed E-state index contributed by atoms with van der Waals surface area (Å²) in [4.78, 5) is 0. The van der Waals surface area contributed by atoms with Crippen LogP contribution in [-0.2, 0) is 0 Å². The predicted octanol–water partition coefficient (Wildman–Crippen LogP) is -1.74.